The molecule has 0 radical (unpaired) electrons. The van der Waals surface area contributed by atoms with Gasteiger partial charge in [0.05, 0.1) is 6.61 Å². The summed E-state index contributed by atoms with van der Waals surface area (Å²) in [7, 11) is 0. The van der Waals surface area contributed by atoms with Crippen molar-refractivity contribution < 1.29 is 4.74 Å². The molecule has 0 aromatic heterocycles. The minimum Gasteiger partial charge on any atom is -0.493 e. The summed E-state index contributed by atoms with van der Waals surface area (Å²) < 4.78 is 5.94. The van der Waals surface area contributed by atoms with Gasteiger partial charge in [-0.05, 0) is 30.2 Å². The molecule has 1 aromatic rings. The van der Waals surface area contributed by atoms with Crippen molar-refractivity contribution >= 4 is 0 Å². The SMILES string of the molecule is c1cc2c(c(OCC3CNC3)c1)CCNC2. The number of rotatable bonds is 3. The molecule has 0 amide bonds. The summed E-state index contributed by atoms with van der Waals surface area (Å²) in [5.74, 6) is 1.81. The molecule has 1 saturated heterocycles. The molecule has 0 bridgehead atoms. The Balaban J connectivity index is 1.72. The second-order valence-corrected chi connectivity index (χ2v) is 4.66. The lowest BCUT2D eigenvalue weighted by molar-refractivity contribution is 0.197. The molecule has 0 aliphatic carbocycles. The van der Waals surface area contributed by atoms with E-state index in [-0.39, 0.29) is 0 Å². The van der Waals surface area contributed by atoms with Crippen molar-refractivity contribution in [2.45, 2.75) is 13.0 Å². The number of ether oxygens (including phenoxy) is 1. The third-order valence-electron chi connectivity index (χ3n) is 3.44. The normalized spacial score (nSPS) is 20.0. The van der Waals surface area contributed by atoms with Gasteiger partial charge in [0.15, 0.2) is 0 Å². The number of hydrogen-bond acceptors (Lipinski definition) is 3. The monoisotopic (exact) mass is 218 g/mol. The van der Waals surface area contributed by atoms with Gasteiger partial charge in [-0.2, -0.15) is 0 Å². The van der Waals surface area contributed by atoms with Gasteiger partial charge < -0.3 is 15.4 Å². The molecule has 86 valence electrons. The first-order chi connectivity index (χ1) is 7.93. The van der Waals surface area contributed by atoms with Crippen LogP contribution in [0.4, 0.5) is 0 Å². The summed E-state index contributed by atoms with van der Waals surface area (Å²) in [6.07, 6.45) is 1.09. The van der Waals surface area contributed by atoms with Crippen molar-refractivity contribution in [1.82, 2.24) is 10.6 Å². The zero-order valence-electron chi connectivity index (χ0n) is 9.46. The van der Waals surface area contributed by atoms with Crippen molar-refractivity contribution in [3.05, 3.63) is 29.3 Å². The average molecular weight is 218 g/mol. The zero-order chi connectivity index (χ0) is 10.8. The van der Waals surface area contributed by atoms with Gasteiger partial charge in [-0.15, -0.1) is 0 Å². The average Bonchev–Trinajstić information content (AvgIpc) is 2.27. The third-order valence-corrected chi connectivity index (χ3v) is 3.44. The summed E-state index contributed by atoms with van der Waals surface area (Å²) in [5.41, 5.74) is 2.81. The molecular weight excluding hydrogens is 200 g/mol. The summed E-state index contributed by atoms with van der Waals surface area (Å²) in [6.45, 7) is 5.12. The van der Waals surface area contributed by atoms with Crippen LogP contribution >= 0.6 is 0 Å². The summed E-state index contributed by atoms with van der Waals surface area (Å²) in [6, 6.07) is 6.40. The first-order valence-electron chi connectivity index (χ1n) is 6.08. The predicted octanol–water partition coefficient (Wildman–Crippen LogP) is 0.930. The topological polar surface area (TPSA) is 33.3 Å². The maximum absolute atomic E-state index is 5.94. The van der Waals surface area contributed by atoms with Gasteiger partial charge in [0, 0.05) is 25.6 Å². The Morgan fingerprint density at radius 1 is 1.25 bits per heavy atom. The van der Waals surface area contributed by atoms with Crippen LogP contribution in [0.2, 0.25) is 0 Å². The Bertz CT molecular complexity index is 374. The molecule has 2 aliphatic rings. The first kappa shape index (κ1) is 10.1. The van der Waals surface area contributed by atoms with Gasteiger partial charge in [-0.25, -0.2) is 0 Å². The van der Waals surface area contributed by atoms with E-state index < -0.39 is 0 Å². The number of hydrogen-bond donors (Lipinski definition) is 2. The first-order valence-corrected chi connectivity index (χ1v) is 6.08. The van der Waals surface area contributed by atoms with Gasteiger partial charge >= 0.3 is 0 Å². The Hall–Kier alpha value is -1.06. The van der Waals surface area contributed by atoms with Crippen molar-refractivity contribution in [1.29, 1.82) is 0 Å². The number of fused-ring (bicyclic) bond motifs is 1. The van der Waals surface area contributed by atoms with E-state index in [0.29, 0.717) is 5.92 Å². The highest BCUT2D eigenvalue weighted by Gasteiger charge is 2.19. The molecule has 2 N–H and O–H groups in total. The van der Waals surface area contributed by atoms with Crippen molar-refractivity contribution in [2.75, 3.05) is 26.2 Å². The largest absolute Gasteiger partial charge is 0.493 e. The van der Waals surface area contributed by atoms with Crippen LogP contribution in [0.25, 0.3) is 0 Å². The molecule has 3 heteroatoms. The molecule has 0 spiro atoms. The van der Waals surface area contributed by atoms with Crippen molar-refractivity contribution in [2.24, 2.45) is 5.92 Å². The molecule has 0 unspecified atom stereocenters. The van der Waals surface area contributed by atoms with E-state index in [0.717, 1.165) is 45.0 Å². The second kappa shape index (κ2) is 4.44. The van der Waals surface area contributed by atoms with Crippen LogP contribution in [0, 0.1) is 5.92 Å². The quantitative estimate of drug-likeness (QED) is 0.792. The van der Waals surface area contributed by atoms with E-state index in [4.69, 9.17) is 4.74 Å². The van der Waals surface area contributed by atoms with Gasteiger partial charge in [0.2, 0.25) is 0 Å². The number of nitrogens with one attached hydrogen (secondary N) is 2. The van der Waals surface area contributed by atoms with Gasteiger partial charge in [-0.1, -0.05) is 12.1 Å². The van der Waals surface area contributed by atoms with Crippen LogP contribution in [-0.2, 0) is 13.0 Å². The Morgan fingerprint density at radius 2 is 2.19 bits per heavy atom. The standard InChI is InChI=1S/C13H18N2O/c1-2-11-8-14-5-4-12(11)13(3-1)16-9-10-6-15-7-10/h1-3,10,14-15H,4-9H2. The van der Waals surface area contributed by atoms with Crippen molar-refractivity contribution in [3.8, 4) is 5.75 Å². The van der Waals surface area contributed by atoms with Crippen LogP contribution < -0.4 is 15.4 Å². The fraction of sp³-hybridized carbons (Fsp3) is 0.538. The van der Waals surface area contributed by atoms with E-state index in [1.807, 2.05) is 0 Å². The molecule has 2 aliphatic heterocycles. The molecule has 1 aromatic carbocycles. The van der Waals surface area contributed by atoms with Gasteiger partial charge in [0.1, 0.15) is 5.75 Å². The Labute approximate surface area is 96.2 Å². The minimum absolute atomic E-state index is 0.706. The predicted molar refractivity (Wildman–Crippen MR) is 63.7 cm³/mol. The van der Waals surface area contributed by atoms with E-state index in [1.165, 1.54) is 11.1 Å². The molecule has 3 rings (SSSR count). The highest BCUT2D eigenvalue weighted by atomic mass is 16.5. The van der Waals surface area contributed by atoms with Crippen LogP contribution in [0.5, 0.6) is 5.75 Å². The van der Waals surface area contributed by atoms with Gasteiger partial charge in [0.25, 0.3) is 0 Å². The molecule has 16 heavy (non-hydrogen) atoms. The van der Waals surface area contributed by atoms with Crippen LogP contribution in [0.1, 0.15) is 11.1 Å². The highest BCUT2D eigenvalue weighted by Crippen LogP contribution is 2.25. The van der Waals surface area contributed by atoms with E-state index in [1.54, 1.807) is 0 Å². The number of benzene rings is 1. The Kier molecular flexibility index (Phi) is 2.80. The molecule has 1 fully saturated rings. The molecule has 0 atom stereocenters. The van der Waals surface area contributed by atoms with Crippen LogP contribution in [0.15, 0.2) is 18.2 Å². The Morgan fingerprint density at radius 3 is 3.00 bits per heavy atom. The fourth-order valence-corrected chi connectivity index (χ4v) is 2.31. The van der Waals surface area contributed by atoms with E-state index in [2.05, 4.69) is 28.8 Å². The molecule has 2 heterocycles. The zero-order valence-corrected chi connectivity index (χ0v) is 9.46. The lowest BCUT2D eigenvalue weighted by atomic mass is 10.00. The highest BCUT2D eigenvalue weighted by molar-refractivity contribution is 5.41. The van der Waals surface area contributed by atoms with Crippen molar-refractivity contribution in [3.63, 3.8) is 0 Å². The summed E-state index contributed by atoms with van der Waals surface area (Å²) >= 11 is 0. The van der Waals surface area contributed by atoms with Gasteiger partial charge in [-0.3, -0.25) is 0 Å². The molecular formula is C13H18N2O. The molecule has 0 saturated carbocycles. The lowest BCUT2D eigenvalue weighted by Crippen LogP contribution is -2.45. The van der Waals surface area contributed by atoms with Crippen LogP contribution in [0.3, 0.4) is 0 Å². The lowest BCUT2D eigenvalue weighted by Gasteiger charge is -2.28. The summed E-state index contributed by atoms with van der Waals surface area (Å²) in [4.78, 5) is 0. The van der Waals surface area contributed by atoms with E-state index >= 15 is 0 Å². The fourth-order valence-electron chi connectivity index (χ4n) is 2.31. The second-order valence-electron chi connectivity index (χ2n) is 4.66. The smallest absolute Gasteiger partial charge is 0.122 e. The molecule has 3 nitrogen and oxygen atoms in total. The van der Waals surface area contributed by atoms with Crippen LogP contribution in [-0.4, -0.2) is 26.2 Å². The minimum atomic E-state index is 0.706. The summed E-state index contributed by atoms with van der Waals surface area (Å²) in [5, 5.41) is 6.66. The van der Waals surface area contributed by atoms with E-state index in [9.17, 15) is 0 Å². The maximum atomic E-state index is 5.94. The third kappa shape index (κ3) is 1.93. The maximum Gasteiger partial charge on any atom is 0.122 e.